The van der Waals surface area contributed by atoms with E-state index in [4.69, 9.17) is 0 Å². The Morgan fingerprint density at radius 2 is 1.85 bits per heavy atom. The predicted octanol–water partition coefficient (Wildman–Crippen LogP) is 3.45. The van der Waals surface area contributed by atoms with E-state index < -0.39 is 0 Å². The molecule has 1 saturated heterocycles. The molecule has 0 spiro atoms. The number of hydrogen-bond donors (Lipinski definition) is 1. The summed E-state index contributed by atoms with van der Waals surface area (Å²) in [6.45, 7) is 11.5. The first-order valence-electron chi connectivity index (χ1n) is 7.45. The molecule has 1 aliphatic heterocycles. The van der Waals surface area contributed by atoms with Gasteiger partial charge in [0.1, 0.15) is 0 Å². The van der Waals surface area contributed by atoms with Gasteiger partial charge < -0.3 is 5.32 Å². The van der Waals surface area contributed by atoms with Crippen LogP contribution in [0.3, 0.4) is 0 Å². The Balaban J connectivity index is 0.00000200. The fourth-order valence-electron chi connectivity index (χ4n) is 2.88. The predicted molar refractivity (Wildman–Crippen MR) is 89.7 cm³/mol. The van der Waals surface area contributed by atoms with Crippen LogP contribution in [0.25, 0.3) is 0 Å². The van der Waals surface area contributed by atoms with Gasteiger partial charge in [0, 0.05) is 13.1 Å². The molecule has 0 saturated carbocycles. The molecule has 1 N–H and O–H groups in total. The lowest BCUT2D eigenvalue weighted by molar-refractivity contribution is 0.315. The second-order valence-corrected chi connectivity index (χ2v) is 6.89. The zero-order valence-electron chi connectivity index (χ0n) is 13.3. The second-order valence-electron chi connectivity index (χ2n) is 6.89. The quantitative estimate of drug-likeness (QED) is 0.915. The van der Waals surface area contributed by atoms with Crippen molar-refractivity contribution in [3.63, 3.8) is 0 Å². The summed E-state index contributed by atoms with van der Waals surface area (Å²) in [5.74, 6) is 0.832. The van der Waals surface area contributed by atoms with Crippen molar-refractivity contribution in [3.8, 4) is 0 Å². The van der Waals surface area contributed by atoms with Crippen LogP contribution in [-0.4, -0.2) is 31.6 Å². The van der Waals surface area contributed by atoms with E-state index in [0.29, 0.717) is 0 Å². The van der Waals surface area contributed by atoms with Gasteiger partial charge in [-0.05, 0) is 49.0 Å². The first-order chi connectivity index (χ1) is 8.99. The molecule has 1 aromatic carbocycles. The summed E-state index contributed by atoms with van der Waals surface area (Å²) in [7, 11) is 2.05. The largest absolute Gasteiger partial charge is 0.319 e. The molecule has 114 valence electrons. The van der Waals surface area contributed by atoms with Gasteiger partial charge in [-0.1, -0.05) is 45.0 Å². The minimum absolute atomic E-state index is 0. The maximum Gasteiger partial charge on any atom is 0.0233 e. The molecule has 2 nitrogen and oxygen atoms in total. The van der Waals surface area contributed by atoms with E-state index in [1.807, 2.05) is 7.05 Å². The molecular weight excluding hydrogens is 268 g/mol. The summed E-state index contributed by atoms with van der Waals surface area (Å²) >= 11 is 0. The van der Waals surface area contributed by atoms with Crippen molar-refractivity contribution >= 4 is 12.4 Å². The molecule has 1 unspecified atom stereocenters. The van der Waals surface area contributed by atoms with Gasteiger partial charge in [-0.25, -0.2) is 0 Å². The van der Waals surface area contributed by atoms with E-state index in [1.54, 1.807) is 0 Å². The van der Waals surface area contributed by atoms with Crippen LogP contribution >= 0.6 is 12.4 Å². The SMILES string of the molecule is CNCC1CCN(Cc2ccc(C(C)(C)C)cc2)C1.Cl. The van der Waals surface area contributed by atoms with Gasteiger partial charge in [-0.15, -0.1) is 12.4 Å². The first kappa shape index (κ1) is 17.5. The fraction of sp³-hybridized carbons (Fsp3) is 0.647. The molecule has 3 heteroatoms. The Hall–Kier alpha value is -0.570. The first-order valence-corrected chi connectivity index (χ1v) is 7.45. The topological polar surface area (TPSA) is 15.3 Å². The molecule has 0 bridgehead atoms. The lowest BCUT2D eigenvalue weighted by atomic mass is 9.87. The van der Waals surface area contributed by atoms with Gasteiger partial charge >= 0.3 is 0 Å². The van der Waals surface area contributed by atoms with Crippen LogP contribution < -0.4 is 5.32 Å². The lowest BCUT2D eigenvalue weighted by Crippen LogP contribution is -2.24. The van der Waals surface area contributed by atoms with E-state index in [-0.39, 0.29) is 17.8 Å². The van der Waals surface area contributed by atoms with Crippen LogP contribution in [0.5, 0.6) is 0 Å². The molecule has 1 heterocycles. The lowest BCUT2D eigenvalue weighted by Gasteiger charge is -2.20. The van der Waals surface area contributed by atoms with Crippen LogP contribution in [0.2, 0.25) is 0 Å². The minimum Gasteiger partial charge on any atom is -0.319 e. The normalized spacial score (nSPS) is 19.9. The summed E-state index contributed by atoms with van der Waals surface area (Å²) in [5.41, 5.74) is 3.12. The standard InChI is InChI=1S/C17H28N2.ClH/c1-17(2,3)16-7-5-14(6-8-16)12-19-10-9-15(13-19)11-18-4;/h5-8,15,18H,9-13H2,1-4H3;1H. The second kappa shape index (κ2) is 7.44. The van der Waals surface area contributed by atoms with Crippen LogP contribution in [0, 0.1) is 5.92 Å². The van der Waals surface area contributed by atoms with Crippen molar-refractivity contribution < 1.29 is 0 Å². The fourth-order valence-corrected chi connectivity index (χ4v) is 2.88. The Labute approximate surface area is 130 Å². The van der Waals surface area contributed by atoms with Crippen molar-refractivity contribution in [1.82, 2.24) is 10.2 Å². The summed E-state index contributed by atoms with van der Waals surface area (Å²) in [5, 5.41) is 3.29. The third-order valence-corrected chi connectivity index (χ3v) is 4.09. The van der Waals surface area contributed by atoms with Crippen molar-refractivity contribution in [2.45, 2.75) is 39.2 Å². The average Bonchev–Trinajstić information content (AvgIpc) is 2.77. The van der Waals surface area contributed by atoms with Crippen molar-refractivity contribution in [2.75, 3.05) is 26.7 Å². The highest BCUT2D eigenvalue weighted by Gasteiger charge is 2.21. The number of hydrogen-bond acceptors (Lipinski definition) is 2. The molecule has 1 atom stereocenters. The average molecular weight is 297 g/mol. The van der Waals surface area contributed by atoms with Crippen LogP contribution in [0.1, 0.15) is 38.3 Å². The van der Waals surface area contributed by atoms with Gasteiger partial charge in [0.15, 0.2) is 0 Å². The van der Waals surface area contributed by atoms with E-state index in [2.05, 4.69) is 55.3 Å². The van der Waals surface area contributed by atoms with Crippen molar-refractivity contribution in [3.05, 3.63) is 35.4 Å². The maximum absolute atomic E-state index is 3.29. The monoisotopic (exact) mass is 296 g/mol. The van der Waals surface area contributed by atoms with Gasteiger partial charge in [0.05, 0.1) is 0 Å². The minimum atomic E-state index is 0. The summed E-state index contributed by atoms with van der Waals surface area (Å²) < 4.78 is 0. The highest BCUT2D eigenvalue weighted by molar-refractivity contribution is 5.85. The highest BCUT2D eigenvalue weighted by Crippen LogP contribution is 2.23. The smallest absolute Gasteiger partial charge is 0.0233 e. The van der Waals surface area contributed by atoms with Crippen LogP contribution in [-0.2, 0) is 12.0 Å². The molecule has 1 aromatic rings. The molecule has 0 amide bonds. The summed E-state index contributed by atoms with van der Waals surface area (Å²) in [6.07, 6.45) is 1.33. The number of rotatable bonds is 4. The molecule has 2 rings (SSSR count). The Morgan fingerprint density at radius 1 is 1.20 bits per heavy atom. The Bertz CT molecular complexity index is 394. The zero-order chi connectivity index (χ0) is 13.9. The zero-order valence-corrected chi connectivity index (χ0v) is 14.1. The van der Waals surface area contributed by atoms with Crippen LogP contribution in [0.4, 0.5) is 0 Å². The number of benzene rings is 1. The van der Waals surface area contributed by atoms with Gasteiger partial charge in [0.25, 0.3) is 0 Å². The molecule has 1 fully saturated rings. The van der Waals surface area contributed by atoms with Gasteiger partial charge in [0.2, 0.25) is 0 Å². The van der Waals surface area contributed by atoms with Crippen molar-refractivity contribution in [1.29, 1.82) is 0 Å². The van der Waals surface area contributed by atoms with E-state index in [1.165, 1.54) is 30.6 Å². The van der Waals surface area contributed by atoms with Crippen LogP contribution in [0.15, 0.2) is 24.3 Å². The summed E-state index contributed by atoms with van der Waals surface area (Å²) in [6, 6.07) is 9.17. The number of nitrogens with zero attached hydrogens (tertiary/aromatic N) is 1. The van der Waals surface area contributed by atoms with Gasteiger partial charge in [-0.3, -0.25) is 4.90 Å². The number of nitrogens with one attached hydrogen (secondary N) is 1. The van der Waals surface area contributed by atoms with E-state index in [9.17, 15) is 0 Å². The molecular formula is C17H29ClN2. The van der Waals surface area contributed by atoms with E-state index >= 15 is 0 Å². The molecule has 1 aliphatic rings. The third-order valence-electron chi connectivity index (χ3n) is 4.09. The molecule has 0 aromatic heterocycles. The number of likely N-dealkylation sites (tertiary alicyclic amines) is 1. The third kappa shape index (κ3) is 4.76. The Kier molecular flexibility index (Phi) is 6.50. The maximum atomic E-state index is 3.29. The van der Waals surface area contributed by atoms with Crippen molar-refractivity contribution in [2.24, 2.45) is 5.92 Å². The summed E-state index contributed by atoms with van der Waals surface area (Å²) in [4.78, 5) is 2.58. The number of halogens is 1. The molecule has 0 radical (unpaired) electrons. The molecule has 20 heavy (non-hydrogen) atoms. The van der Waals surface area contributed by atoms with E-state index in [0.717, 1.165) is 19.0 Å². The highest BCUT2D eigenvalue weighted by atomic mass is 35.5. The Morgan fingerprint density at radius 3 is 2.40 bits per heavy atom. The molecule has 0 aliphatic carbocycles. The van der Waals surface area contributed by atoms with Gasteiger partial charge in [-0.2, -0.15) is 0 Å².